The molecule has 0 aliphatic carbocycles. The van der Waals surface area contributed by atoms with Gasteiger partial charge in [0.1, 0.15) is 0 Å². The Bertz CT molecular complexity index is 360. The Morgan fingerprint density at radius 1 is 1.23 bits per heavy atom. The molecule has 0 amide bonds. The maximum atomic E-state index is 10.6. The summed E-state index contributed by atoms with van der Waals surface area (Å²) < 4.78 is 29.8. The number of hydrogen-bond acceptors (Lipinski definition) is 2. The van der Waals surface area contributed by atoms with Gasteiger partial charge in [0.05, 0.1) is 4.90 Å². The molecule has 0 aliphatic heterocycles. The summed E-state index contributed by atoms with van der Waals surface area (Å²) in [6, 6.07) is 6.01. The van der Waals surface area contributed by atoms with E-state index < -0.39 is 10.1 Å². The molecule has 0 spiro atoms. The van der Waals surface area contributed by atoms with Gasteiger partial charge in [-0.05, 0) is 17.7 Å². The zero-order valence-electron chi connectivity index (χ0n) is 7.07. The van der Waals surface area contributed by atoms with E-state index in [9.17, 15) is 8.42 Å². The molecule has 0 saturated carbocycles. The summed E-state index contributed by atoms with van der Waals surface area (Å²) in [5, 5.41) is 0.665. The summed E-state index contributed by atoms with van der Waals surface area (Å²) in [4.78, 5) is -0.0767. The first-order chi connectivity index (χ1) is 5.54. The third kappa shape index (κ3) is 4.10. The fourth-order valence-electron chi connectivity index (χ4n) is 0.751. The first-order valence-corrected chi connectivity index (χ1v) is 5.72. The maximum absolute atomic E-state index is 10.6. The second-order valence-electron chi connectivity index (χ2n) is 2.25. The number of benzene rings is 1. The van der Waals surface area contributed by atoms with Crippen molar-refractivity contribution in [3.63, 3.8) is 0 Å². The second kappa shape index (κ2) is 5.48. The van der Waals surface area contributed by atoms with Crippen molar-refractivity contribution in [3.05, 3.63) is 29.8 Å². The molecule has 0 bridgehead atoms. The van der Waals surface area contributed by atoms with Gasteiger partial charge in [-0.25, -0.2) is 0 Å². The van der Waals surface area contributed by atoms with Crippen LogP contribution in [-0.4, -0.2) is 42.5 Å². The third-order valence-corrected chi connectivity index (χ3v) is 2.89. The van der Waals surface area contributed by atoms with Crippen LogP contribution < -0.4 is 0 Å². The molecule has 0 aromatic heterocycles. The molecule has 1 rings (SSSR count). The quantitative estimate of drug-likeness (QED) is 0.504. The van der Waals surface area contributed by atoms with Crippen molar-refractivity contribution in [3.8, 4) is 0 Å². The van der Waals surface area contributed by atoms with Crippen molar-refractivity contribution in [1.29, 1.82) is 0 Å². The van der Waals surface area contributed by atoms with Crippen molar-refractivity contribution < 1.29 is 13.0 Å². The van der Waals surface area contributed by atoms with Crippen LogP contribution in [0.4, 0.5) is 0 Å². The molecule has 0 unspecified atom stereocenters. The van der Waals surface area contributed by atoms with E-state index in [1.54, 1.807) is 12.1 Å². The van der Waals surface area contributed by atoms with Gasteiger partial charge in [0.2, 0.25) is 0 Å². The van der Waals surface area contributed by atoms with E-state index in [2.05, 4.69) is 15.9 Å². The van der Waals surface area contributed by atoms with Crippen LogP contribution in [0.25, 0.3) is 0 Å². The third-order valence-electron chi connectivity index (χ3n) is 1.38. The molecule has 0 aliphatic rings. The molecule has 1 radical (unpaired) electrons. The molecule has 0 fully saturated rings. The standard InChI is InChI=1S/C7H7BrO3S.Na/c8-5-6-1-3-7(4-2-6)12(9,10)11;/h1-4H,5H2,(H,9,10,11);. The Labute approximate surface area is 108 Å². The maximum Gasteiger partial charge on any atom is 0.294 e. The fraction of sp³-hybridized carbons (Fsp3) is 0.143. The molecule has 0 atom stereocenters. The van der Waals surface area contributed by atoms with Crippen LogP contribution >= 0.6 is 15.9 Å². The van der Waals surface area contributed by atoms with Gasteiger partial charge in [0.25, 0.3) is 10.1 Å². The molecule has 13 heavy (non-hydrogen) atoms. The van der Waals surface area contributed by atoms with Crippen LogP contribution in [0.15, 0.2) is 29.2 Å². The molecule has 6 heteroatoms. The predicted molar refractivity (Wildman–Crippen MR) is 54.6 cm³/mol. The van der Waals surface area contributed by atoms with Crippen LogP contribution in [0.3, 0.4) is 0 Å². The fourth-order valence-corrected chi connectivity index (χ4v) is 1.60. The van der Waals surface area contributed by atoms with Gasteiger partial charge >= 0.3 is 0 Å². The number of alkyl halides is 1. The Morgan fingerprint density at radius 2 is 1.69 bits per heavy atom. The molecule has 0 saturated heterocycles. The number of rotatable bonds is 2. The zero-order chi connectivity index (χ0) is 9.19. The minimum Gasteiger partial charge on any atom is -0.282 e. The Balaban J connectivity index is 0.00000144. The summed E-state index contributed by atoms with van der Waals surface area (Å²) in [5.41, 5.74) is 0.961. The van der Waals surface area contributed by atoms with E-state index in [0.29, 0.717) is 5.33 Å². The van der Waals surface area contributed by atoms with Crippen LogP contribution in [0.2, 0.25) is 0 Å². The van der Waals surface area contributed by atoms with Crippen molar-refractivity contribution in [1.82, 2.24) is 0 Å². The Hall–Kier alpha value is 0.610. The molecule has 1 aromatic carbocycles. The molecule has 67 valence electrons. The van der Waals surface area contributed by atoms with Gasteiger partial charge in [-0.2, -0.15) is 8.42 Å². The molecule has 0 heterocycles. The van der Waals surface area contributed by atoms with Crippen LogP contribution in [-0.2, 0) is 15.4 Å². The van der Waals surface area contributed by atoms with Crippen molar-refractivity contribution >= 4 is 55.6 Å². The van der Waals surface area contributed by atoms with E-state index in [0.717, 1.165) is 5.56 Å². The van der Waals surface area contributed by atoms with Gasteiger partial charge in [0.15, 0.2) is 0 Å². The largest absolute Gasteiger partial charge is 0.294 e. The summed E-state index contributed by atoms with van der Waals surface area (Å²) in [7, 11) is -4.04. The van der Waals surface area contributed by atoms with Crippen molar-refractivity contribution in [2.24, 2.45) is 0 Å². The minimum atomic E-state index is -4.04. The molecular weight excluding hydrogens is 267 g/mol. The van der Waals surface area contributed by atoms with E-state index >= 15 is 0 Å². The number of hydrogen-bond donors (Lipinski definition) is 1. The monoisotopic (exact) mass is 273 g/mol. The second-order valence-corrected chi connectivity index (χ2v) is 4.23. The Kier molecular flexibility index (Phi) is 5.74. The summed E-state index contributed by atoms with van der Waals surface area (Å²) in [6.07, 6.45) is 0. The van der Waals surface area contributed by atoms with Crippen molar-refractivity contribution in [2.45, 2.75) is 10.2 Å². The zero-order valence-corrected chi connectivity index (χ0v) is 11.5. The van der Waals surface area contributed by atoms with E-state index in [4.69, 9.17) is 4.55 Å². The Morgan fingerprint density at radius 3 is 2.00 bits per heavy atom. The first kappa shape index (κ1) is 13.6. The van der Waals surface area contributed by atoms with Crippen LogP contribution in [0.1, 0.15) is 5.56 Å². The summed E-state index contributed by atoms with van der Waals surface area (Å²) >= 11 is 3.22. The van der Waals surface area contributed by atoms with Gasteiger partial charge in [-0.15, -0.1) is 0 Å². The van der Waals surface area contributed by atoms with E-state index in [1.807, 2.05) is 0 Å². The normalized spacial score (nSPS) is 10.6. The van der Waals surface area contributed by atoms with Crippen molar-refractivity contribution in [2.75, 3.05) is 0 Å². The smallest absolute Gasteiger partial charge is 0.282 e. The van der Waals surface area contributed by atoms with Gasteiger partial charge in [-0.3, -0.25) is 4.55 Å². The van der Waals surface area contributed by atoms with Gasteiger partial charge in [-0.1, -0.05) is 28.1 Å². The van der Waals surface area contributed by atoms with Gasteiger partial charge in [0, 0.05) is 34.9 Å². The summed E-state index contributed by atoms with van der Waals surface area (Å²) in [5.74, 6) is 0. The van der Waals surface area contributed by atoms with E-state index in [1.165, 1.54) is 12.1 Å². The average Bonchev–Trinajstić information content (AvgIpc) is 2.03. The predicted octanol–water partition coefficient (Wildman–Crippen LogP) is 1.45. The molecular formula is C7H7BrNaO3S. The first-order valence-electron chi connectivity index (χ1n) is 3.16. The topological polar surface area (TPSA) is 54.4 Å². The molecule has 1 N–H and O–H groups in total. The van der Waals surface area contributed by atoms with Crippen LogP contribution in [0.5, 0.6) is 0 Å². The minimum absolute atomic E-state index is 0. The molecule has 3 nitrogen and oxygen atoms in total. The van der Waals surface area contributed by atoms with Crippen LogP contribution in [0, 0.1) is 0 Å². The average molecular weight is 274 g/mol. The number of halogens is 1. The SMILES string of the molecule is O=S(=O)(O)c1ccc(CBr)cc1.[Na]. The van der Waals surface area contributed by atoms with E-state index in [-0.39, 0.29) is 34.5 Å². The van der Waals surface area contributed by atoms with Gasteiger partial charge < -0.3 is 0 Å². The summed E-state index contributed by atoms with van der Waals surface area (Å²) in [6.45, 7) is 0. The molecule has 1 aromatic rings.